The van der Waals surface area contributed by atoms with Gasteiger partial charge in [0.15, 0.2) is 5.78 Å². The van der Waals surface area contributed by atoms with Gasteiger partial charge in [-0.05, 0) is 13.3 Å². The second-order valence-corrected chi connectivity index (χ2v) is 3.48. The first-order valence-electron chi connectivity index (χ1n) is 4.82. The smallest absolute Gasteiger partial charge is 0.258 e. The molecular weight excluding hydrogens is 182 g/mol. The molecular formula is C10H15NO3. The highest BCUT2D eigenvalue weighted by molar-refractivity contribution is 6.20. The van der Waals surface area contributed by atoms with Crippen LogP contribution in [0.25, 0.3) is 0 Å². The zero-order chi connectivity index (χ0) is 10.7. The Balaban J connectivity index is 2.77. The Morgan fingerprint density at radius 3 is 2.64 bits per heavy atom. The summed E-state index contributed by atoms with van der Waals surface area (Å²) in [7, 11) is 0. The van der Waals surface area contributed by atoms with Gasteiger partial charge in [0.2, 0.25) is 0 Å². The van der Waals surface area contributed by atoms with Crippen molar-refractivity contribution in [2.45, 2.75) is 39.2 Å². The van der Waals surface area contributed by atoms with Crippen molar-refractivity contribution in [3.05, 3.63) is 11.3 Å². The molecule has 0 aromatic rings. The first-order valence-corrected chi connectivity index (χ1v) is 4.82. The van der Waals surface area contributed by atoms with Gasteiger partial charge < -0.3 is 10.4 Å². The summed E-state index contributed by atoms with van der Waals surface area (Å²) in [6.45, 7) is 3.32. The molecule has 2 N–H and O–H groups in total. The van der Waals surface area contributed by atoms with Crippen LogP contribution in [0.1, 0.15) is 33.1 Å². The molecule has 0 fully saturated rings. The van der Waals surface area contributed by atoms with Crippen LogP contribution in [0.4, 0.5) is 0 Å². The summed E-state index contributed by atoms with van der Waals surface area (Å²) >= 11 is 0. The van der Waals surface area contributed by atoms with E-state index in [1.54, 1.807) is 0 Å². The SMILES string of the molecule is CCCC[C@@H]1NC(=O)C(C(C)=O)=C1O. The highest BCUT2D eigenvalue weighted by atomic mass is 16.3. The van der Waals surface area contributed by atoms with Crippen LogP contribution in [-0.2, 0) is 9.59 Å². The number of ketones is 1. The lowest BCUT2D eigenvalue weighted by atomic mass is 10.1. The van der Waals surface area contributed by atoms with E-state index in [4.69, 9.17) is 0 Å². The molecule has 1 aliphatic rings. The summed E-state index contributed by atoms with van der Waals surface area (Å²) in [5.41, 5.74) is -0.0777. The van der Waals surface area contributed by atoms with Crippen LogP contribution in [0.15, 0.2) is 11.3 Å². The van der Waals surface area contributed by atoms with E-state index in [-0.39, 0.29) is 23.2 Å². The average Bonchev–Trinajstić information content (AvgIpc) is 2.38. The summed E-state index contributed by atoms with van der Waals surface area (Å²) in [4.78, 5) is 22.3. The van der Waals surface area contributed by atoms with E-state index in [9.17, 15) is 14.7 Å². The lowest BCUT2D eigenvalue weighted by Crippen LogP contribution is -2.29. The summed E-state index contributed by atoms with van der Waals surface area (Å²) in [6.07, 6.45) is 2.60. The molecule has 1 aliphatic heterocycles. The van der Waals surface area contributed by atoms with E-state index in [2.05, 4.69) is 5.32 Å². The van der Waals surface area contributed by atoms with E-state index in [1.165, 1.54) is 6.92 Å². The third-order valence-electron chi connectivity index (χ3n) is 2.32. The van der Waals surface area contributed by atoms with Crippen LogP contribution in [-0.4, -0.2) is 22.8 Å². The van der Waals surface area contributed by atoms with Crippen LogP contribution in [0.5, 0.6) is 0 Å². The standard InChI is InChI=1S/C10H15NO3/c1-3-4-5-7-9(13)8(6(2)12)10(14)11-7/h7,13H,3-5H2,1-2H3,(H,11,14)/t7-/m0/s1. The molecule has 1 amide bonds. The summed E-state index contributed by atoms with van der Waals surface area (Å²) < 4.78 is 0. The van der Waals surface area contributed by atoms with Gasteiger partial charge in [-0.25, -0.2) is 0 Å². The van der Waals surface area contributed by atoms with Crippen molar-refractivity contribution in [1.82, 2.24) is 5.32 Å². The maximum Gasteiger partial charge on any atom is 0.258 e. The van der Waals surface area contributed by atoms with Gasteiger partial charge in [-0.1, -0.05) is 19.8 Å². The second-order valence-electron chi connectivity index (χ2n) is 3.48. The maximum absolute atomic E-state index is 11.2. The molecule has 0 aromatic heterocycles. The highest BCUT2D eigenvalue weighted by Gasteiger charge is 2.33. The van der Waals surface area contributed by atoms with Crippen LogP contribution >= 0.6 is 0 Å². The first kappa shape index (κ1) is 10.8. The molecule has 1 heterocycles. The van der Waals surface area contributed by atoms with Gasteiger partial charge in [-0.2, -0.15) is 0 Å². The number of carbonyl (C=O) groups excluding carboxylic acids is 2. The number of aliphatic hydroxyl groups is 1. The minimum Gasteiger partial charge on any atom is -0.509 e. The lowest BCUT2D eigenvalue weighted by molar-refractivity contribution is -0.121. The van der Waals surface area contributed by atoms with Crippen molar-refractivity contribution in [3.8, 4) is 0 Å². The molecule has 0 aromatic carbocycles. The fourth-order valence-electron chi connectivity index (χ4n) is 1.55. The molecule has 0 radical (unpaired) electrons. The molecule has 1 rings (SSSR count). The van der Waals surface area contributed by atoms with Crippen LogP contribution < -0.4 is 5.32 Å². The quantitative estimate of drug-likeness (QED) is 0.662. The Morgan fingerprint density at radius 2 is 2.21 bits per heavy atom. The fourth-order valence-corrected chi connectivity index (χ4v) is 1.55. The van der Waals surface area contributed by atoms with Crippen LogP contribution in [0.2, 0.25) is 0 Å². The third kappa shape index (κ3) is 1.95. The Hall–Kier alpha value is -1.32. The molecule has 0 bridgehead atoms. The third-order valence-corrected chi connectivity index (χ3v) is 2.32. The number of hydrogen-bond donors (Lipinski definition) is 2. The molecule has 0 aliphatic carbocycles. The molecule has 4 nitrogen and oxygen atoms in total. The summed E-state index contributed by atoms with van der Waals surface area (Å²) in [6, 6.07) is -0.360. The maximum atomic E-state index is 11.2. The predicted molar refractivity (Wildman–Crippen MR) is 51.8 cm³/mol. The molecule has 4 heteroatoms. The normalized spacial score (nSPS) is 21.3. The minimum atomic E-state index is -0.448. The largest absolute Gasteiger partial charge is 0.509 e. The van der Waals surface area contributed by atoms with Gasteiger partial charge in [-0.15, -0.1) is 0 Å². The Labute approximate surface area is 83.0 Å². The molecule has 14 heavy (non-hydrogen) atoms. The molecule has 0 saturated heterocycles. The fraction of sp³-hybridized carbons (Fsp3) is 0.600. The van der Waals surface area contributed by atoms with Gasteiger partial charge in [0.05, 0.1) is 6.04 Å². The van der Waals surface area contributed by atoms with Crippen molar-refractivity contribution in [2.75, 3.05) is 0 Å². The van der Waals surface area contributed by atoms with Gasteiger partial charge >= 0.3 is 0 Å². The monoisotopic (exact) mass is 197 g/mol. The topological polar surface area (TPSA) is 66.4 Å². The molecule has 1 atom stereocenters. The Morgan fingerprint density at radius 1 is 1.57 bits per heavy atom. The minimum absolute atomic E-state index is 0.0777. The Bertz CT molecular complexity index is 294. The first-order chi connectivity index (χ1) is 6.57. The molecule has 0 saturated carbocycles. The molecule has 78 valence electrons. The molecule has 0 unspecified atom stereocenters. The van der Waals surface area contributed by atoms with Crippen molar-refractivity contribution in [2.24, 2.45) is 0 Å². The van der Waals surface area contributed by atoms with Crippen molar-refractivity contribution < 1.29 is 14.7 Å². The van der Waals surface area contributed by atoms with Gasteiger partial charge in [0.25, 0.3) is 5.91 Å². The van der Waals surface area contributed by atoms with E-state index in [0.717, 1.165) is 12.8 Å². The van der Waals surface area contributed by atoms with Gasteiger partial charge in [0.1, 0.15) is 11.3 Å². The highest BCUT2D eigenvalue weighted by Crippen LogP contribution is 2.19. The number of carbonyl (C=O) groups is 2. The number of Topliss-reactive ketones (excluding diaryl/α,β-unsaturated/α-hetero) is 1. The number of amides is 1. The van der Waals surface area contributed by atoms with Crippen molar-refractivity contribution in [1.29, 1.82) is 0 Å². The van der Waals surface area contributed by atoms with Crippen LogP contribution in [0.3, 0.4) is 0 Å². The number of hydrogen-bond acceptors (Lipinski definition) is 3. The molecule has 0 spiro atoms. The summed E-state index contributed by atoms with van der Waals surface area (Å²) in [5.74, 6) is -0.911. The van der Waals surface area contributed by atoms with Crippen LogP contribution in [0, 0.1) is 0 Å². The lowest BCUT2D eigenvalue weighted by Gasteiger charge is -2.09. The number of rotatable bonds is 4. The number of nitrogens with one attached hydrogen (secondary N) is 1. The van der Waals surface area contributed by atoms with Crippen molar-refractivity contribution in [3.63, 3.8) is 0 Å². The van der Waals surface area contributed by atoms with Crippen molar-refractivity contribution >= 4 is 11.7 Å². The zero-order valence-corrected chi connectivity index (χ0v) is 8.46. The Kier molecular flexibility index (Phi) is 3.28. The second kappa shape index (κ2) is 4.26. The predicted octanol–water partition coefficient (Wildman–Crippen LogP) is 1.08. The summed E-state index contributed by atoms with van der Waals surface area (Å²) in [5, 5.41) is 12.2. The van der Waals surface area contributed by atoms with Gasteiger partial charge in [-0.3, -0.25) is 9.59 Å². The van der Waals surface area contributed by atoms with Gasteiger partial charge in [0, 0.05) is 0 Å². The number of aliphatic hydroxyl groups excluding tert-OH is 1. The van der Waals surface area contributed by atoms with E-state index >= 15 is 0 Å². The zero-order valence-electron chi connectivity index (χ0n) is 8.46. The number of unbranched alkanes of at least 4 members (excludes halogenated alkanes) is 1. The van der Waals surface area contributed by atoms with E-state index in [1.807, 2.05) is 6.92 Å². The van der Waals surface area contributed by atoms with E-state index < -0.39 is 5.91 Å². The average molecular weight is 197 g/mol. The van der Waals surface area contributed by atoms with E-state index in [0.29, 0.717) is 6.42 Å².